The lowest BCUT2D eigenvalue weighted by Gasteiger charge is -2.26. The summed E-state index contributed by atoms with van der Waals surface area (Å²) in [4.78, 5) is 7.30. The Labute approximate surface area is 175 Å². The Balaban J connectivity index is 2.01. The lowest BCUT2D eigenvalue weighted by molar-refractivity contribution is -0.347. The molecule has 0 saturated heterocycles. The molecule has 1 saturated carbocycles. The lowest BCUT2D eigenvalue weighted by Crippen LogP contribution is -2.52. The first kappa shape index (κ1) is 24.1. The molecule has 1 fully saturated rings. The molecule has 15 heteroatoms. The third-order valence-corrected chi connectivity index (χ3v) is 6.40. The van der Waals surface area contributed by atoms with Gasteiger partial charge in [-0.15, -0.1) is 5.10 Å². The quantitative estimate of drug-likeness (QED) is 0.530. The third kappa shape index (κ3) is 4.21. The predicted octanol–water partition coefficient (Wildman–Crippen LogP) is 4.61. The van der Waals surface area contributed by atoms with Crippen molar-refractivity contribution in [1.82, 2.24) is 19.7 Å². The van der Waals surface area contributed by atoms with Gasteiger partial charge in [0.25, 0.3) is 0 Å². The Hall–Kier alpha value is -2.58. The first-order valence-corrected chi connectivity index (χ1v) is 10.6. The van der Waals surface area contributed by atoms with E-state index in [0.29, 0.717) is 11.9 Å². The molecule has 0 aromatic carbocycles. The molecule has 3 rings (SSSR count). The van der Waals surface area contributed by atoms with E-state index in [1.807, 2.05) is 0 Å². The first-order valence-electron chi connectivity index (χ1n) is 8.96. The molecule has 0 spiro atoms. The molecular formula is C17H14F8N4O2S. The Morgan fingerprint density at radius 1 is 1.16 bits per heavy atom. The van der Waals surface area contributed by atoms with Crippen molar-refractivity contribution in [3.8, 4) is 11.5 Å². The average molecular weight is 490 g/mol. The van der Waals surface area contributed by atoms with Crippen molar-refractivity contribution in [3.05, 3.63) is 30.0 Å². The van der Waals surface area contributed by atoms with E-state index in [4.69, 9.17) is 0 Å². The Morgan fingerprint density at radius 3 is 2.31 bits per heavy atom. The summed E-state index contributed by atoms with van der Waals surface area (Å²) in [5, 5.41) is 3.48. The second-order valence-corrected chi connectivity index (χ2v) is 9.21. The number of pyridine rings is 1. The zero-order valence-electron chi connectivity index (χ0n) is 16.0. The summed E-state index contributed by atoms with van der Waals surface area (Å²) in [6.07, 6.45) is -3.58. The van der Waals surface area contributed by atoms with Gasteiger partial charge in [-0.05, 0) is 30.4 Å². The second-order valence-electron chi connectivity index (χ2n) is 6.96. The third-order valence-electron chi connectivity index (χ3n) is 4.65. The van der Waals surface area contributed by atoms with Crippen molar-refractivity contribution in [2.24, 2.45) is 0 Å². The predicted molar refractivity (Wildman–Crippen MR) is 94.3 cm³/mol. The van der Waals surface area contributed by atoms with Crippen LogP contribution in [0.1, 0.15) is 31.2 Å². The molecule has 0 unspecified atom stereocenters. The molecule has 176 valence electrons. The first-order chi connectivity index (χ1) is 14.6. The molecule has 6 nitrogen and oxygen atoms in total. The van der Waals surface area contributed by atoms with Crippen LogP contribution >= 0.6 is 0 Å². The minimum absolute atomic E-state index is 0.115. The number of rotatable bonds is 7. The van der Waals surface area contributed by atoms with Gasteiger partial charge in [-0.3, -0.25) is 4.98 Å². The summed E-state index contributed by atoms with van der Waals surface area (Å²) in [5.41, 5.74) is 0.330. The Morgan fingerprint density at radius 2 is 1.78 bits per heavy atom. The number of alkyl halides is 7. The molecule has 1 aliphatic carbocycles. The number of hydrogen-bond acceptors (Lipinski definition) is 5. The number of aromatic nitrogens is 4. The molecule has 32 heavy (non-hydrogen) atoms. The van der Waals surface area contributed by atoms with Gasteiger partial charge in [0.15, 0.2) is 15.7 Å². The summed E-state index contributed by atoms with van der Waals surface area (Å²) in [5.74, 6) is -16.7. The van der Waals surface area contributed by atoms with Gasteiger partial charge in [0.2, 0.25) is 5.82 Å². The van der Waals surface area contributed by atoms with Crippen molar-refractivity contribution in [2.45, 2.75) is 48.6 Å². The van der Waals surface area contributed by atoms with Gasteiger partial charge in [-0.1, -0.05) is 6.92 Å². The van der Waals surface area contributed by atoms with E-state index >= 15 is 0 Å². The molecule has 0 radical (unpaired) electrons. The molecule has 0 aliphatic heterocycles. The van der Waals surface area contributed by atoms with E-state index in [2.05, 4.69) is 15.1 Å². The van der Waals surface area contributed by atoms with Crippen LogP contribution in [0, 0.1) is 0 Å². The second kappa shape index (κ2) is 7.78. The van der Waals surface area contributed by atoms with E-state index in [1.54, 1.807) is 0 Å². The fraction of sp³-hybridized carbons (Fsp3) is 0.471. The summed E-state index contributed by atoms with van der Waals surface area (Å²) < 4.78 is 128. The maximum Gasteiger partial charge on any atom is 0.460 e. The van der Waals surface area contributed by atoms with Crippen molar-refractivity contribution in [3.63, 3.8) is 0 Å². The average Bonchev–Trinajstić information content (AvgIpc) is 3.45. The van der Waals surface area contributed by atoms with Crippen LogP contribution in [0.15, 0.2) is 29.3 Å². The van der Waals surface area contributed by atoms with Gasteiger partial charge < -0.3 is 0 Å². The van der Waals surface area contributed by atoms with Gasteiger partial charge in [0.05, 0.1) is 16.8 Å². The largest absolute Gasteiger partial charge is 0.460 e. The number of allylic oxidation sites excluding steroid dienone is 1. The summed E-state index contributed by atoms with van der Waals surface area (Å²) in [7, 11) is -3.86. The molecule has 1 aliphatic rings. The number of halogens is 8. The molecule has 2 aromatic rings. The summed E-state index contributed by atoms with van der Waals surface area (Å²) in [6, 6.07) is 1.36. The van der Waals surface area contributed by atoms with Gasteiger partial charge >= 0.3 is 18.0 Å². The van der Waals surface area contributed by atoms with Gasteiger partial charge in [-0.25, -0.2) is 22.5 Å². The van der Waals surface area contributed by atoms with Crippen LogP contribution in [0.25, 0.3) is 17.7 Å². The Bertz CT molecular complexity index is 1150. The lowest BCUT2D eigenvalue weighted by atomic mass is 10.1. The standard InChI is InChI=1S/C17H14F8N4O2S/c1-2-32(30,31)11-5-10(9-3-4-9)6-26-13(11)14-27-8-29(28-14)7-12(18)15(19,20)16(21,22)17(23,24)25/h5-9H,2-4H2,1H3. The van der Waals surface area contributed by atoms with Crippen molar-refractivity contribution in [1.29, 1.82) is 0 Å². The van der Waals surface area contributed by atoms with Crippen LogP contribution in [0.5, 0.6) is 0 Å². The highest BCUT2D eigenvalue weighted by Crippen LogP contribution is 2.50. The number of hydrogen-bond donors (Lipinski definition) is 0. The minimum atomic E-state index is -6.72. The van der Waals surface area contributed by atoms with E-state index < -0.39 is 45.7 Å². The number of nitrogens with zero attached hydrogens (tertiary/aromatic N) is 4. The van der Waals surface area contributed by atoms with Crippen LogP contribution < -0.4 is 0 Å². The molecule has 0 bridgehead atoms. The molecule has 0 atom stereocenters. The summed E-state index contributed by atoms with van der Waals surface area (Å²) in [6.45, 7) is 1.36. The maximum atomic E-state index is 13.7. The topological polar surface area (TPSA) is 77.7 Å². The minimum Gasteiger partial charge on any atom is -0.251 e. The van der Waals surface area contributed by atoms with E-state index in [1.165, 1.54) is 19.2 Å². The monoisotopic (exact) mass is 490 g/mol. The van der Waals surface area contributed by atoms with Crippen LogP contribution in [-0.2, 0) is 9.84 Å². The molecular weight excluding hydrogens is 476 g/mol. The highest BCUT2D eigenvalue weighted by molar-refractivity contribution is 7.91. The maximum absolute atomic E-state index is 13.7. The van der Waals surface area contributed by atoms with Crippen LogP contribution in [0.4, 0.5) is 35.1 Å². The normalized spacial score (nSPS) is 16.5. The fourth-order valence-corrected chi connectivity index (χ4v) is 3.70. The van der Waals surface area contributed by atoms with Gasteiger partial charge in [0, 0.05) is 6.20 Å². The van der Waals surface area contributed by atoms with Crippen LogP contribution in [-0.4, -0.2) is 51.9 Å². The van der Waals surface area contributed by atoms with Crippen LogP contribution in [0.3, 0.4) is 0 Å². The van der Waals surface area contributed by atoms with Crippen molar-refractivity contribution < 1.29 is 43.5 Å². The Kier molecular flexibility index (Phi) is 5.85. The summed E-state index contributed by atoms with van der Waals surface area (Å²) >= 11 is 0. The SMILES string of the molecule is CCS(=O)(=O)c1cc(C2CC2)cnc1-c1ncn(C=C(F)C(F)(F)C(F)(F)C(F)(F)F)n1. The van der Waals surface area contributed by atoms with E-state index in [0.717, 1.165) is 12.8 Å². The van der Waals surface area contributed by atoms with Gasteiger partial charge in [0.1, 0.15) is 12.0 Å². The van der Waals surface area contributed by atoms with E-state index in [9.17, 15) is 43.5 Å². The molecule has 0 amide bonds. The fourth-order valence-electron chi connectivity index (χ4n) is 2.63. The highest BCUT2D eigenvalue weighted by atomic mass is 32.2. The highest BCUT2D eigenvalue weighted by Gasteiger charge is 2.75. The smallest absolute Gasteiger partial charge is 0.251 e. The van der Waals surface area contributed by atoms with Gasteiger partial charge in [-0.2, -0.15) is 30.7 Å². The molecule has 0 N–H and O–H groups in total. The van der Waals surface area contributed by atoms with Crippen molar-refractivity contribution in [2.75, 3.05) is 5.75 Å². The zero-order valence-corrected chi connectivity index (χ0v) is 16.9. The van der Waals surface area contributed by atoms with Crippen LogP contribution in [0.2, 0.25) is 0 Å². The zero-order chi connectivity index (χ0) is 24.1. The van der Waals surface area contributed by atoms with Crippen molar-refractivity contribution >= 4 is 16.0 Å². The molecule has 2 aromatic heterocycles. The number of sulfone groups is 1. The molecule has 2 heterocycles. The van der Waals surface area contributed by atoms with E-state index in [-0.39, 0.29) is 26.9 Å².